The molecule has 0 bridgehead atoms. The maximum Gasteiger partial charge on any atom is 0.416 e. The average molecular weight is 448 g/mol. The van der Waals surface area contributed by atoms with Crippen molar-refractivity contribution in [2.24, 2.45) is 32.9 Å². The summed E-state index contributed by atoms with van der Waals surface area (Å²) in [6, 6.07) is 9.91. The fraction of sp³-hybridized carbons (Fsp3) is 0.333. The van der Waals surface area contributed by atoms with Crippen LogP contribution in [0.25, 0.3) is 0 Å². The molecule has 1 fully saturated rings. The number of hydrogen-bond acceptors (Lipinski definition) is 2. The van der Waals surface area contributed by atoms with Crippen LogP contribution in [0.1, 0.15) is 36.1 Å². The van der Waals surface area contributed by atoms with Gasteiger partial charge in [-0.25, -0.2) is 0 Å². The summed E-state index contributed by atoms with van der Waals surface area (Å²) in [5, 5.41) is 8.52. The van der Waals surface area contributed by atoms with E-state index in [1.807, 2.05) is 26.0 Å². The van der Waals surface area contributed by atoms with Gasteiger partial charge in [0, 0.05) is 17.3 Å². The molecule has 1 aliphatic heterocycles. The molecule has 166 valence electrons. The number of hydrogen-bond donors (Lipinski definition) is 0. The molecule has 0 N–H and O–H groups in total. The first kappa shape index (κ1) is 21.0. The lowest BCUT2D eigenvalue weighted by molar-refractivity contribution is -0.138. The van der Waals surface area contributed by atoms with Gasteiger partial charge in [-0.05, 0) is 40.8 Å². The number of fused-ring (bicyclic) bond motifs is 1. The monoisotopic (exact) mass is 448 g/mol. The van der Waals surface area contributed by atoms with E-state index < -0.39 is 28.9 Å². The van der Waals surface area contributed by atoms with Crippen molar-refractivity contribution in [2.45, 2.75) is 26.2 Å². The molecule has 0 spiro atoms. The molecule has 3 atom stereocenters. The summed E-state index contributed by atoms with van der Waals surface area (Å²) >= 11 is 0. The highest BCUT2D eigenvalue weighted by atomic mass is 19.4. The largest absolute Gasteiger partial charge is 0.416 e. The predicted molar refractivity (Wildman–Crippen MR) is 108 cm³/mol. The summed E-state index contributed by atoms with van der Waals surface area (Å²) < 4.78 is 79.5. The van der Waals surface area contributed by atoms with Gasteiger partial charge in [0.2, 0.25) is 0 Å². The van der Waals surface area contributed by atoms with Crippen molar-refractivity contribution in [1.82, 2.24) is 0 Å². The van der Waals surface area contributed by atoms with Crippen LogP contribution in [-0.4, -0.2) is 11.4 Å². The Balaban J connectivity index is 1.62. The summed E-state index contributed by atoms with van der Waals surface area (Å²) in [6.45, 7) is 4.01. The standard InChI is InChI=1S/C24H18F6N2/c1-21(9-10-21)22(2)17-18(22)20(14-6-4-8-16(12-14)24(28,29)30)32-31-19(17)13-5-3-7-15(11-13)23(25,26)27/h3-12,17-18H,1-2H3/t17-,18+,22?. The normalized spacial score (nSPS) is 28.0. The Kier molecular flexibility index (Phi) is 4.15. The minimum absolute atomic E-state index is 0.256. The van der Waals surface area contributed by atoms with Crippen LogP contribution >= 0.6 is 0 Å². The van der Waals surface area contributed by atoms with E-state index in [0.717, 1.165) is 24.3 Å². The van der Waals surface area contributed by atoms with Crippen molar-refractivity contribution >= 4 is 11.4 Å². The lowest BCUT2D eigenvalue weighted by atomic mass is 9.81. The minimum Gasteiger partial charge on any atom is -0.166 e. The quantitative estimate of drug-likeness (QED) is 0.366. The summed E-state index contributed by atoms with van der Waals surface area (Å²) in [4.78, 5) is 0. The molecule has 0 amide bonds. The van der Waals surface area contributed by atoms with E-state index in [0.29, 0.717) is 22.6 Å². The van der Waals surface area contributed by atoms with E-state index in [-0.39, 0.29) is 17.3 Å². The highest BCUT2D eigenvalue weighted by Gasteiger charge is 2.74. The molecule has 0 aromatic heterocycles. The molecule has 1 heterocycles. The molecule has 2 aromatic carbocycles. The molecule has 0 radical (unpaired) electrons. The van der Waals surface area contributed by atoms with E-state index in [2.05, 4.69) is 10.2 Å². The van der Waals surface area contributed by atoms with Gasteiger partial charge < -0.3 is 0 Å². The fourth-order valence-electron chi connectivity index (χ4n) is 4.97. The molecular formula is C24H18F6N2. The summed E-state index contributed by atoms with van der Waals surface area (Å²) in [7, 11) is 0. The van der Waals surface area contributed by atoms with E-state index in [4.69, 9.17) is 0 Å². The Morgan fingerprint density at radius 1 is 0.688 bits per heavy atom. The van der Waals surface area contributed by atoms with Crippen molar-refractivity contribution in [2.75, 3.05) is 0 Å². The molecule has 1 saturated carbocycles. The zero-order valence-electron chi connectivity index (χ0n) is 17.1. The van der Waals surface area contributed by atoms with Gasteiger partial charge in [0.25, 0.3) is 0 Å². The highest BCUT2D eigenvalue weighted by Crippen LogP contribution is 2.74. The van der Waals surface area contributed by atoms with Gasteiger partial charge in [-0.2, -0.15) is 36.5 Å². The van der Waals surface area contributed by atoms with Crippen LogP contribution in [-0.2, 0) is 12.4 Å². The molecular weight excluding hydrogens is 430 g/mol. The topological polar surface area (TPSA) is 24.7 Å². The predicted octanol–water partition coefficient (Wildman–Crippen LogP) is 6.76. The Hall–Kier alpha value is -2.90. The van der Waals surface area contributed by atoms with Gasteiger partial charge in [0.15, 0.2) is 0 Å². The van der Waals surface area contributed by atoms with Crippen LogP contribution in [0.3, 0.4) is 0 Å². The Bertz CT molecular complexity index is 1120. The maximum absolute atomic E-state index is 13.2. The van der Waals surface area contributed by atoms with Crippen molar-refractivity contribution in [3.63, 3.8) is 0 Å². The summed E-state index contributed by atoms with van der Waals surface area (Å²) in [6.07, 6.45) is -4.96. The molecule has 1 unspecified atom stereocenters. The first-order chi connectivity index (χ1) is 14.9. The van der Waals surface area contributed by atoms with Crippen LogP contribution in [0.2, 0.25) is 0 Å². The van der Waals surface area contributed by atoms with Crippen LogP contribution < -0.4 is 0 Å². The molecule has 32 heavy (non-hydrogen) atoms. The van der Waals surface area contributed by atoms with Crippen LogP contribution in [0.4, 0.5) is 26.3 Å². The van der Waals surface area contributed by atoms with Crippen molar-refractivity contribution in [1.29, 1.82) is 0 Å². The smallest absolute Gasteiger partial charge is 0.166 e. The Morgan fingerprint density at radius 3 is 1.44 bits per heavy atom. The van der Waals surface area contributed by atoms with Crippen molar-refractivity contribution < 1.29 is 26.3 Å². The number of rotatable bonds is 3. The third kappa shape index (κ3) is 3.03. The number of allylic oxidation sites excluding steroid dienone is 2. The molecule has 2 aromatic rings. The van der Waals surface area contributed by atoms with Gasteiger partial charge in [0.1, 0.15) is 0 Å². The molecule has 5 rings (SSSR count). The molecule has 2 nitrogen and oxygen atoms in total. The lowest BCUT2D eigenvalue weighted by Gasteiger charge is -2.21. The van der Waals surface area contributed by atoms with Crippen LogP contribution in [0.15, 0.2) is 70.9 Å². The van der Waals surface area contributed by atoms with E-state index in [1.165, 1.54) is 12.1 Å². The van der Waals surface area contributed by atoms with E-state index >= 15 is 0 Å². The summed E-state index contributed by atoms with van der Waals surface area (Å²) in [5.74, 6) is -0.513. The summed E-state index contributed by atoms with van der Waals surface area (Å²) in [5.41, 5.74) is -0.756. The number of nitrogens with zero attached hydrogens (tertiary/aromatic N) is 2. The van der Waals surface area contributed by atoms with Crippen molar-refractivity contribution in [3.8, 4) is 0 Å². The average Bonchev–Trinajstić information content (AvgIpc) is 3.64. The third-order valence-corrected chi connectivity index (χ3v) is 7.17. The maximum atomic E-state index is 13.2. The van der Waals surface area contributed by atoms with Crippen molar-refractivity contribution in [3.05, 3.63) is 82.9 Å². The lowest BCUT2D eigenvalue weighted by Crippen LogP contribution is -2.19. The van der Waals surface area contributed by atoms with Gasteiger partial charge in [-0.15, -0.1) is 0 Å². The van der Waals surface area contributed by atoms with Crippen LogP contribution in [0.5, 0.6) is 0 Å². The Morgan fingerprint density at radius 2 is 1.09 bits per heavy atom. The second kappa shape index (κ2) is 6.33. The Labute approximate surface area is 180 Å². The first-order valence-corrected chi connectivity index (χ1v) is 10.1. The fourth-order valence-corrected chi connectivity index (χ4v) is 4.97. The van der Waals surface area contributed by atoms with Gasteiger partial charge in [0.05, 0.1) is 22.6 Å². The zero-order chi connectivity index (χ0) is 23.1. The van der Waals surface area contributed by atoms with Gasteiger partial charge >= 0.3 is 12.4 Å². The van der Waals surface area contributed by atoms with Crippen LogP contribution in [0, 0.1) is 22.7 Å². The molecule has 2 aliphatic carbocycles. The zero-order valence-corrected chi connectivity index (χ0v) is 17.1. The molecule has 8 heteroatoms. The SMILES string of the molecule is CC1(C2(C)[C@@H]3C(c4cccc(C(F)(F)F)c4)=NN=C(c4cccc(C(F)(F)F)c4)[C@@H]32)C=C1. The van der Waals surface area contributed by atoms with Gasteiger partial charge in [-0.1, -0.05) is 50.3 Å². The molecule has 0 saturated heterocycles. The number of alkyl halides is 6. The van der Waals surface area contributed by atoms with Gasteiger partial charge in [-0.3, -0.25) is 0 Å². The van der Waals surface area contributed by atoms with E-state index in [1.54, 1.807) is 12.1 Å². The number of halogens is 6. The van der Waals surface area contributed by atoms with E-state index in [9.17, 15) is 26.3 Å². The minimum atomic E-state index is -4.49. The second-order valence-electron chi connectivity index (χ2n) is 8.98. The number of benzene rings is 2. The second-order valence-corrected chi connectivity index (χ2v) is 8.98. The third-order valence-electron chi connectivity index (χ3n) is 7.17. The highest BCUT2D eigenvalue weighted by molar-refractivity contribution is 6.16. The first-order valence-electron chi connectivity index (χ1n) is 10.1. The molecule has 3 aliphatic rings.